The molecule has 0 spiro atoms. The second-order valence-electron chi connectivity index (χ2n) is 7.21. The summed E-state index contributed by atoms with van der Waals surface area (Å²) in [5, 5.41) is 8.18. The van der Waals surface area contributed by atoms with Crippen LogP contribution in [0, 0.1) is 0 Å². The van der Waals surface area contributed by atoms with Gasteiger partial charge in [0.15, 0.2) is 16.6 Å². The lowest BCUT2D eigenvalue weighted by atomic mass is 10.1. The van der Waals surface area contributed by atoms with Crippen molar-refractivity contribution in [3.63, 3.8) is 0 Å². The van der Waals surface area contributed by atoms with Crippen LogP contribution in [0.25, 0.3) is 21.3 Å². The van der Waals surface area contributed by atoms with E-state index in [-0.39, 0.29) is 4.90 Å². The first-order valence-electron chi connectivity index (χ1n) is 10.2. The Morgan fingerprint density at radius 3 is 2.43 bits per heavy atom. The zero-order chi connectivity index (χ0) is 24.4. The lowest BCUT2D eigenvalue weighted by molar-refractivity contribution is 0.355. The molecule has 2 aromatic carbocycles. The standard InChI is InChI=1S/C23H19N5O4S3/c1-31-18-8-3-14(11-19(18)32-2)17-12-34-22-20(17)21(25-13-26-22)27-15-4-6-16(7-5-15)35(29,30)28-23-24-9-10-33-23/h3-13H,1-2H3,(H,24,28)(H,25,26,27). The van der Waals surface area contributed by atoms with Crippen molar-refractivity contribution in [2.75, 3.05) is 24.3 Å². The number of nitrogens with zero attached hydrogens (tertiary/aromatic N) is 3. The van der Waals surface area contributed by atoms with Crippen molar-refractivity contribution in [3.05, 3.63) is 65.7 Å². The van der Waals surface area contributed by atoms with Gasteiger partial charge in [-0.2, -0.15) is 0 Å². The van der Waals surface area contributed by atoms with Gasteiger partial charge in [0.25, 0.3) is 10.0 Å². The van der Waals surface area contributed by atoms with Crippen molar-refractivity contribution in [3.8, 4) is 22.6 Å². The smallest absolute Gasteiger partial charge is 0.263 e. The van der Waals surface area contributed by atoms with Gasteiger partial charge in [-0.1, -0.05) is 6.07 Å². The number of benzene rings is 2. The number of fused-ring (bicyclic) bond motifs is 1. The topological polar surface area (TPSA) is 115 Å². The van der Waals surface area contributed by atoms with Crippen molar-refractivity contribution in [2.24, 2.45) is 0 Å². The van der Waals surface area contributed by atoms with Crippen LogP contribution in [0.1, 0.15) is 0 Å². The molecule has 5 rings (SSSR count). The van der Waals surface area contributed by atoms with Gasteiger partial charge in [0.05, 0.1) is 24.5 Å². The maximum atomic E-state index is 12.6. The first-order valence-corrected chi connectivity index (χ1v) is 13.5. The number of rotatable bonds is 8. The van der Waals surface area contributed by atoms with E-state index >= 15 is 0 Å². The van der Waals surface area contributed by atoms with Gasteiger partial charge in [0.1, 0.15) is 17.0 Å². The Morgan fingerprint density at radius 1 is 0.914 bits per heavy atom. The molecule has 9 nitrogen and oxygen atoms in total. The van der Waals surface area contributed by atoms with E-state index in [0.29, 0.717) is 28.1 Å². The summed E-state index contributed by atoms with van der Waals surface area (Å²) in [6.45, 7) is 0. The van der Waals surface area contributed by atoms with Gasteiger partial charge < -0.3 is 14.8 Å². The van der Waals surface area contributed by atoms with Crippen LogP contribution in [0.5, 0.6) is 11.5 Å². The average Bonchev–Trinajstić information content (AvgIpc) is 3.54. The number of thiophene rings is 1. The van der Waals surface area contributed by atoms with Crippen LogP contribution in [0.2, 0.25) is 0 Å². The van der Waals surface area contributed by atoms with Crippen molar-refractivity contribution in [1.29, 1.82) is 0 Å². The van der Waals surface area contributed by atoms with E-state index in [1.165, 1.54) is 41.1 Å². The second-order valence-corrected chi connectivity index (χ2v) is 10.6. The minimum Gasteiger partial charge on any atom is -0.493 e. The van der Waals surface area contributed by atoms with Crippen LogP contribution in [0.15, 0.2) is 70.6 Å². The van der Waals surface area contributed by atoms with Gasteiger partial charge >= 0.3 is 0 Å². The molecule has 0 aliphatic rings. The van der Waals surface area contributed by atoms with Crippen molar-refractivity contribution < 1.29 is 17.9 Å². The molecule has 2 N–H and O–H groups in total. The molecule has 178 valence electrons. The Kier molecular flexibility index (Phi) is 6.24. The zero-order valence-electron chi connectivity index (χ0n) is 18.6. The van der Waals surface area contributed by atoms with Gasteiger partial charge in [-0.15, -0.1) is 22.7 Å². The summed E-state index contributed by atoms with van der Waals surface area (Å²) >= 11 is 2.72. The van der Waals surface area contributed by atoms with Gasteiger partial charge in [-0.05, 0) is 42.0 Å². The summed E-state index contributed by atoms with van der Waals surface area (Å²) in [7, 11) is -0.536. The predicted octanol–water partition coefficient (Wildman–Crippen LogP) is 5.38. The Balaban J connectivity index is 1.46. The molecule has 5 aromatic rings. The number of sulfonamides is 1. The fourth-order valence-electron chi connectivity index (χ4n) is 3.49. The number of aromatic nitrogens is 3. The highest BCUT2D eigenvalue weighted by Crippen LogP contribution is 2.40. The molecule has 0 saturated heterocycles. The highest BCUT2D eigenvalue weighted by Gasteiger charge is 2.17. The van der Waals surface area contributed by atoms with Crippen LogP contribution in [0.4, 0.5) is 16.6 Å². The molecule has 0 amide bonds. The van der Waals surface area contributed by atoms with E-state index in [2.05, 4.69) is 25.0 Å². The highest BCUT2D eigenvalue weighted by atomic mass is 32.2. The van der Waals surface area contributed by atoms with Crippen LogP contribution >= 0.6 is 22.7 Å². The number of nitrogens with one attached hydrogen (secondary N) is 2. The number of methoxy groups -OCH3 is 2. The maximum Gasteiger partial charge on any atom is 0.263 e. The average molecular weight is 526 g/mol. The summed E-state index contributed by atoms with van der Waals surface area (Å²) in [6, 6.07) is 12.1. The number of ether oxygens (including phenoxy) is 2. The quantitative estimate of drug-likeness (QED) is 0.278. The van der Waals surface area contributed by atoms with E-state index in [9.17, 15) is 8.42 Å². The maximum absolute atomic E-state index is 12.6. The fraction of sp³-hybridized carbons (Fsp3) is 0.0870. The van der Waals surface area contributed by atoms with Gasteiger partial charge in [-0.25, -0.2) is 23.4 Å². The molecule has 0 unspecified atom stereocenters. The molecule has 0 saturated carbocycles. The minimum absolute atomic E-state index is 0.132. The van der Waals surface area contributed by atoms with Gasteiger partial charge in [-0.3, -0.25) is 4.72 Å². The molecule has 0 atom stereocenters. The Bertz CT molecular complexity index is 1580. The highest BCUT2D eigenvalue weighted by molar-refractivity contribution is 7.93. The molecule has 35 heavy (non-hydrogen) atoms. The molecular formula is C23H19N5O4S3. The molecule has 0 fully saturated rings. The van der Waals surface area contributed by atoms with Gasteiger partial charge in [0, 0.05) is 28.2 Å². The zero-order valence-corrected chi connectivity index (χ0v) is 21.0. The molecule has 12 heteroatoms. The molecular weight excluding hydrogens is 506 g/mol. The minimum atomic E-state index is -3.73. The van der Waals surface area contributed by atoms with Crippen LogP contribution in [0.3, 0.4) is 0 Å². The van der Waals surface area contributed by atoms with E-state index in [1.54, 1.807) is 37.9 Å². The first-order chi connectivity index (χ1) is 17.0. The third kappa shape index (κ3) is 4.63. The molecule has 0 aliphatic carbocycles. The third-order valence-electron chi connectivity index (χ3n) is 5.15. The number of hydrogen-bond donors (Lipinski definition) is 2. The first kappa shape index (κ1) is 23.0. The molecule has 0 radical (unpaired) electrons. The third-order valence-corrected chi connectivity index (χ3v) is 8.21. The van der Waals surface area contributed by atoms with E-state index < -0.39 is 10.0 Å². The molecule has 3 heterocycles. The van der Waals surface area contributed by atoms with E-state index in [0.717, 1.165) is 21.3 Å². The largest absolute Gasteiger partial charge is 0.493 e. The summed E-state index contributed by atoms with van der Waals surface area (Å²) in [5.41, 5.74) is 2.56. The normalized spacial score (nSPS) is 11.4. The second kappa shape index (κ2) is 9.49. The Morgan fingerprint density at radius 2 is 1.71 bits per heavy atom. The number of thiazole rings is 1. The Labute approximate surface area is 209 Å². The van der Waals surface area contributed by atoms with Gasteiger partial charge in [0.2, 0.25) is 0 Å². The van der Waals surface area contributed by atoms with Crippen LogP contribution in [-0.4, -0.2) is 37.6 Å². The molecule has 3 aromatic heterocycles. The molecule has 0 aliphatic heterocycles. The monoisotopic (exact) mass is 525 g/mol. The van der Waals surface area contributed by atoms with Crippen LogP contribution in [-0.2, 0) is 10.0 Å². The lowest BCUT2D eigenvalue weighted by Gasteiger charge is -2.11. The number of hydrogen-bond acceptors (Lipinski definition) is 10. The summed E-state index contributed by atoms with van der Waals surface area (Å²) in [6.07, 6.45) is 3.04. The number of anilines is 3. The Hall–Kier alpha value is -3.74. The van der Waals surface area contributed by atoms with Crippen molar-refractivity contribution in [2.45, 2.75) is 4.90 Å². The fourth-order valence-corrected chi connectivity index (χ4v) is 6.19. The van der Waals surface area contributed by atoms with Crippen LogP contribution < -0.4 is 19.5 Å². The summed E-state index contributed by atoms with van der Waals surface area (Å²) in [4.78, 5) is 13.8. The molecule has 0 bridgehead atoms. The predicted molar refractivity (Wildman–Crippen MR) is 139 cm³/mol. The van der Waals surface area contributed by atoms with E-state index in [1.807, 2.05) is 23.6 Å². The van der Waals surface area contributed by atoms with Crippen molar-refractivity contribution in [1.82, 2.24) is 15.0 Å². The van der Waals surface area contributed by atoms with Crippen molar-refractivity contribution >= 4 is 59.6 Å². The van der Waals surface area contributed by atoms with E-state index in [4.69, 9.17) is 9.47 Å². The SMILES string of the molecule is COc1ccc(-c2csc3ncnc(Nc4ccc(S(=O)(=O)Nc5nccs5)cc4)c23)cc1OC. The summed E-state index contributed by atoms with van der Waals surface area (Å²) < 4.78 is 38.5. The lowest BCUT2D eigenvalue weighted by Crippen LogP contribution is -2.12. The summed E-state index contributed by atoms with van der Waals surface area (Å²) in [5.74, 6) is 1.88.